The highest BCUT2D eigenvalue weighted by Crippen LogP contribution is 2.67. The van der Waals surface area contributed by atoms with E-state index in [-0.39, 0.29) is 41.5 Å². The summed E-state index contributed by atoms with van der Waals surface area (Å²) in [7, 11) is 0. The Labute approximate surface area is 194 Å². The number of Topliss-reactive ketones (excluding diaryl/α,β-unsaturated/α-hetero) is 2. The van der Waals surface area contributed by atoms with Crippen LogP contribution in [0, 0.1) is 34.5 Å². The Balaban J connectivity index is 0.000000547. The second-order valence-electron chi connectivity index (χ2n) is 10.1. The Morgan fingerprint density at radius 3 is 2.19 bits per heavy atom. The Kier molecular flexibility index (Phi) is 8.82. The largest absolute Gasteiger partial charge is 0.393 e. The lowest BCUT2D eigenvalue weighted by Gasteiger charge is -2.60. The number of hydrogen-bond donors (Lipinski definition) is 3. The van der Waals surface area contributed by atoms with Crippen LogP contribution in [0.4, 0.5) is 0 Å². The van der Waals surface area contributed by atoms with Crippen LogP contribution in [0.15, 0.2) is 0 Å². The molecule has 8 atom stereocenters. The lowest BCUT2D eigenvalue weighted by Crippen LogP contribution is -2.62. The number of aliphatic hydroxyl groups is 3. The topological polar surface area (TPSA) is 163 Å². The van der Waals surface area contributed by atoms with Gasteiger partial charge >= 0.3 is 23.1 Å². The van der Waals surface area contributed by atoms with Gasteiger partial charge in [0.25, 0.3) is 0 Å². The molecule has 9 nitrogen and oxygen atoms in total. The Morgan fingerprint density at radius 1 is 1.03 bits per heavy atom. The van der Waals surface area contributed by atoms with Crippen LogP contribution >= 0.6 is 0 Å². The molecule has 182 valence electrons. The Morgan fingerprint density at radius 2 is 1.62 bits per heavy atom. The van der Waals surface area contributed by atoms with E-state index in [2.05, 4.69) is 6.92 Å². The van der Waals surface area contributed by atoms with Crippen molar-refractivity contribution in [3.05, 3.63) is 0 Å². The molecule has 0 radical (unpaired) electrons. The molecule has 0 aromatic rings. The molecular formula is C21H32O9S2. The first-order valence-electron chi connectivity index (χ1n) is 10.9. The number of hydrogen-bond acceptors (Lipinski definition) is 9. The molecular weight excluding hydrogens is 460 g/mol. The van der Waals surface area contributed by atoms with Gasteiger partial charge in [-0.25, -0.2) is 0 Å². The first-order valence-corrected chi connectivity index (χ1v) is 12.2. The number of carbonyl (C=O) groups excluding carboxylic acids is 2. The van der Waals surface area contributed by atoms with Crippen molar-refractivity contribution in [1.29, 1.82) is 0 Å². The third kappa shape index (κ3) is 4.34. The van der Waals surface area contributed by atoms with Crippen LogP contribution in [0.1, 0.15) is 65.2 Å². The minimum Gasteiger partial charge on any atom is -0.393 e. The van der Waals surface area contributed by atoms with Crippen LogP contribution in [0.5, 0.6) is 0 Å². The predicted octanol–water partition coefficient (Wildman–Crippen LogP) is 0.521. The highest BCUT2D eigenvalue weighted by molar-refractivity contribution is 7.51. The summed E-state index contributed by atoms with van der Waals surface area (Å²) in [5.41, 5.74) is -2.40. The molecule has 0 aromatic carbocycles. The van der Waals surface area contributed by atoms with Crippen molar-refractivity contribution in [3.63, 3.8) is 0 Å². The van der Waals surface area contributed by atoms with E-state index in [1.54, 1.807) is 0 Å². The molecule has 0 aliphatic heterocycles. The molecule has 4 aliphatic carbocycles. The molecule has 4 aliphatic rings. The van der Waals surface area contributed by atoms with Crippen molar-refractivity contribution in [2.24, 2.45) is 34.5 Å². The Hall–Kier alpha value is -1.14. The molecule has 0 bridgehead atoms. The van der Waals surface area contributed by atoms with Crippen molar-refractivity contribution in [2.45, 2.75) is 76.9 Å². The lowest BCUT2D eigenvalue weighted by molar-refractivity contribution is -0.180. The molecule has 11 heteroatoms. The van der Waals surface area contributed by atoms with Gasteiger partial charge in [0.2, 0.25) is 0 Å². The summed E-state index contributed by atoms with van der Waals surface area (Å²) in [6.07, 6.45) is 5.47. The van der Waals surface area contributed by atoms with E-state index in [4.69, 9.17) is 16.8 Å². The van der Waals surface area contributed by atoms with Crippen molar-refractivity contribution < 1.29 is 41.7 Å². The van der Waals surface area contributed by atoms with Gasteiger partial charge in [-0.3, -0.25) is 9.59 Å². The average molecular weight is 493 g/mol. The highest BCUT2D eigenvalue weighted by Gasteiger charge is 2.68. The first kappa shape index (κ1) is 27.1. The summed E-state index contributed by atoms with van der Waals surface area (Å²) in [4.78, 5) is 25.7. The van der Waals surface area contributed by atoms with E-state index in [1.807, 2.05) is 6.92 Å². The minimum absolute atomic E-state index is 0.0154. The second kappa shape index (κ2) is 10.4. The third-order valence-corrected chi connectivity index (χ3v) is 9.08. The second-order valence-corrected chi connectivity index (χ2v) is 10.4. The fourth-order valence-electron chi connectivity index (χ4n) is 7.64. The van der Waals surface area contributed by atoms with Crippen molar-refractivity contribution in [3.8, 4) is 0 Å². The molecule has 4 saturated carbocycles. The average Bonchev–Trinajstić information content (AvgIpc) is 3.00. The summed E-state index contributed by atoms with van der Waals surface area (Å²) < 4.78 is 33.2. The normalized spacial score (nSPS) is 44.3. The molecule has 0 heterocycles. The molecule has 4 fully saturated rings. The van der Waals surface area contributed by atoms with E-state index in [0.717, 1.165) is 38.5 Å². The van der Waals surface area contributed by atoms with Gasteiger partial charge in [0.05, 0.1) is 6.10 Å². The van der Waals surface area contributed by atoms with E-state index in [9.17, 15) is 24.9 Å². The summed E-state index contributed by atoms with van der Waals surface area (Å²) in [5, 5.41) is 30.6. The third-order valence-electron chi connectivity index (χ3n) is 9.08. The number of ketones is 2. The molecule has 0 saturated heterocycles. The first-order chi connectivity index (χ1) is 15.0. The maximum Gasteiger partial charge on any atom is 0.335 e. The summed E-state index contributed by atoms with van der Waals surface area (Å²) in [6, 6.07) is 0. The van der Waals surface area contributed by atoms with Gasteiger partial charge < -0.3 is 15.3 Å². The van der Waals surface area contributed by atoms with Crippen molar-refractivity contribution >= 4 is 34.7 Å². The number of rotatable bonds is 2. The summed E-state index contributed by atoms with van der Waals surface area (Å²) >= 11 is -1.50. The van der Waals surface area contributed by atoms with Crippen molar-refractivity contribution in [2.75, 3.05) is 6.61 Å². The van der Waals surface area contributed by atoms with Gasteiger partial charge in [-0.2, -0.15) is 16.8 Å². The number of carbonyl (C=O) groups is 2. The molecule has 32 heavy (non-hydrogen) atoms. The maximum atomic E-state index is 13.4. The van der Waals surface area contributed by atoms with E-state index >= 15 is 0 Å². The fourth-order valence-corrected chi connectivity index (χ4v) is 7.64. The smallest absolute Gasteiger partial charge is 0.335 e. The van der Waals surface area contributed by atoms with Crippen LogP contribution in [0.25, 0.3) is 0 Å². The zero-order valence-corrected chi connectivity index (χ0v) is 20.0. The van der Waals surface area contributed by atoms with Gasteiger partial charge in [0.15, 0.2) is 5.78 Å². The monoisotopic (exact) mass is 492 g/mol. The van der Waals surface area contributed by atoms with Gasteiger partial charge in [0, 0.05) is 17.8 Å². The van der Waals surface area contributed by atoms with Crippen LogP contribution in [0.2, 0.25) is 0 Å². The van der Waals surface area contributed by atoms with Gasteiger partial charge in [-0.05, 0) is 68.1 Å². The van der Waals surface area contributed by atoms with Gasteiger partial charge in [-0.1, -0.05) is 13.8 Å². The maximum absolute atomic E-state index is 13.4. The highest BCUT2D eigenvalue weighted by atomic mass is 32.1. The fraction of sp³-hybridized carbons (Fsp3) is 0.905. The van der Waals surface area contributed by atoms with E-state index < -0.39 is 46.5 Å². The Bertz CT molecular complexity index is 795. The molecule has 0 spiro atoms. The van der Waals surface area contributed by atoms with Crippen LogP contribution in [-0.2, 0) is 32.7 Å². The molecule has 0 aromatic heterocycles. The van der Waals surface area contributed by atoms with E-state index in [0.29, 0.717) is 12.3 Å². The standard InChI is InChI=1S/C21H32O5.2O2S/c1-19-7-5-13(23)9-12(19)3-4-14-15-6-8-21(26,17(25)11-22)20(15,2)10-16(24)18(14)19;2*1-3-2/h12-15,18,22-23,26H,3-11H2,1-2H3;;/t12-,13-,14+,15+,18-,19+,20+,21+;;/m1../s1. The van der Waals surface area contributed by atoms with Crippen LogP contribution in [0.3, 0.4) is 0 Å². The number of aliphatic hydroxyl groups excluding tert-OH is 2. The van der Waals surface area contributed by atoms with Gasteiger partial charge in [0.1, 0.15) is 18.0 Å². The minimum atomic E-state index is -1.58. The lowest BCUT2D eigenvalue weighted by atomic mass is 9.44. The van der Waals surface area contributed by atoms with Gasteiger partial charge in [-0.15, -0.1) is 0 Å². The zero-order chi connectivity index (χ0) is 24.3. The quantitative estimate of drug-likeness (QED) is 0.498. The summed E-state index contributed by atoms with van der Waals surface area (Å²) in [6.45, 7) is 3.46. The molecule has 3 N–H and O–H groups in total. The molecule has 0 unspecified atom stereocenters. The van der Waals surface area contributed by atoms with E-state index in [1.165, 1.54) is 0 Å². The van der Waals surface area contributed by atoms with Crippen LogP contribution in [-0.4, -0.2) is 62.0 Å². The predicted molar refractivity (Wildman–Crippen MR) is 113 cm³/mol. The van der Waals surface area contributed by atoms with Crippen LogP contribution < -0.4 is 0 Å². The number of fused-ring (bicyclic) bond motifs is 5. The van der Waals surface area contributed by atoms with Crippen molar-refractivity contribution in [1.82, 2.24) is 0 Å². The summed E-state index contributed by atoms with van der Waals surface area (Å²) in [5.74, 6) is 0.380. The molecule has 4 rings (SSSR count). The zero-order valence-electron chi connectivity index (χ0n) is 18.4. The molecule has 0 amide bonds. The SMILES string of the molecule is C[C@]12CC[C@@H](O)C[C@H]1CC[C@@H]1[C@@H]2C(=O)C[C@@]2(C)[C@H]1CC[C@]2(O)C(=O)CO.O=S=O.O=S=O.